The minimum absolute atomic E-state index is 0.106. The van der Waals surface area contributed by atoms with Gasteiger partial charge in [-0.1, -0.05) is 0 Å². The average molecular weight is 400 g/mol. The maximum atomic E-state index is 11.6. The van der Waals surface area contributed by atoms with E-state index in [0.717, 1.165) is 6.07 Å². The quantitative estimate of drug-likeness (QED) is 0.378. The lowest BCUT2D eigenvalue weighted by Crippen LogP contribution is -2.60. The van der Waals surface area contributed by atoms with Gasteiger partial charge in [0.25, 0.3) is 0 Å². The summed E-state index contributed by atoms with van der Waals surface area (Å²) in [7, 11) is 2.48. The zero-order chi connectivity index (χ0) is 20.6. The Labute approximate surface area is 157 Å². The SMILES string of the molecule is COc1c(O[C@@H]2O[C@H](CO)[C@@H](O)[C@H](O)[C@H]2O)c(OC)c2oc(=O)ccc2c1O. The smallest absolute Gasteiger partial charge is 0.336 e. The number of methoxy groups -OCH3 is 2. The number of benzene rings is 1. The Kier molecular flexibility index (Phi) is 5.63. The first kappa shape index (κ1) is 20.2. The predicted molar refractivity (Wildman–Crippen MR) is 91.6 cm³/mol. The third kappa shape index (κ3) is 3.23. The number of hydrogen-bond donors (Lipinski definition) is 5. The summed E-state index contributed by atoms with van der Waals surface area (Å²) in [4.78, 5) is 11.6. The van der Waals surface area contributed by atoms with Crippen molar-refractivity contribution in [1.82, 2.24) is 0 Å². The Morgan fingerprint density at radius 1 is 1.00 bits per heavy atom. The van der Waals surface area contributed by atoms with E-state index in [2.05, 4.69) is 0 Å². The molecule has 11 nitrogen and oxygen atoms in total. The molecule has 5 atom stereocenters. The Hall–Kier alpha value is -2.57. The molecule has 0 aliphatic carbocycles. The second-order valence-corrected chi connectivity index (χ2v) is 6.06. The molecule has 0 spiro atoms. The van der Waals surface area contributed by atoms with Gasteiger partial charge in [-0.15, -0.1) is 0 Å². The van der Waals surface area contributed by atoms with Crippen molar-refractivity contribution in [2.45, 2.75) is 30.7 Å². The van der Waals surface area contributed by atoms with Crippen LogP contribution in [-0.2, 0) is 4.74 Å². The first-order chi connectivity index (χ1) is 13.3. The second-order valence-electron chi connectivity index (χ2n) is 6.06. The van der Waals surface area contributed by atoms with Gasteiger partial charge < -0.3 is 48.9 Å². The van der Waals surface area contributed by atoms with Crippen molar-refractivity contribution in [3.05, 3.63) is 22.6 Å². The van der Waals surface area contributed by atoms with Crippen molar-refractivity contribution >= 4 is 11.0 Å². The second kappa shape index (κ2) is 7.81. The Morgan fingerprint density at radius 2 is 1.68 bits per heavy atom. The number of aliphatic hydroxyl groups excluding tert-OH is 4. The van der Waals surface area contributed by atoms with Gasteiger partial charge in [0.05, 0.1) is 26.2 Å². The van der Waals surface area contributed by atoms with Gasteiger partial charge in [0.1, 0.15) is 24.4 Å². The van der Waals surface area contributed by atoms with Crippen LogP contribution in [0.5, 0.6) is 23.0 Å². The number of aliphatic hydroxyl groups is 4. The summed E-state index contributed by atoms with van der Waals surface area (Å²) in [6.45, 7) is -0.656. The van der Waals surface area contributed by atoms with Crippen molar-refractivity contribution in [3.8, 4) is 23.0 Å². The van der Waals surface area contributed by atoms with E-state index in [0.29, 0.717) is 0 Å². The molecule has 1 aliphatic heterocycles. The van der Waals surface area contributed by atoms with Gasteiger partial charge in [-0.3, -0.25) is 0 Å². The molecule has 5 N–H and O–H groups in total. The number of rotatable bonds is 5. The summed E-state index contributed by atoms with van der Waals surface area (Å²) in [5.74, 6) is -1.07. The Bertz CT molecular complexity index is 906. The van der Waals surface area contributed by atoms with Crippen LogP contribution in [0.25, 0.3) is 11.0 Å². The molecule has 1 saturated heterocycles. The molecule has 1 aromatic carbocycles. The van der Waals surface area contributed by atoms with Gasteiger partial charge >= 0.3 is 5.63 Å². The van der Waals surface area contributed by atoms with Gasteiger partial charge in [0, 0.05) is 6.07 Å². The number of fused-ring (bicyclic) bond motifs is 1. The van der Waals surface area contributed by atoms with Gasteiger partial charge in [-0.25, -0.2) is 4.79 Å². The van der Waals surface area contributed by atoms with Crippen molar-refractivity contribution in [1.29, 1.82) is 0 Å². The maximum absolute atomic E-state index is 11.6. The van der Waals surface area contributed by atoms with E-state index in [1.54, 1.807) is 0 Å². The van der Waals surface area contributed by atoms with E-state index in [9.17, 15) is 30.3 Å². The van der Waals surface area contributed by atoms with Crippen LogP contribution in [0.2, 0.25) is 0 Å². The normalized spacial score (nSPS) is 27.6. The molecule has 2 heterocycles. The molecular formula is C17H20O11. The molecule has 0 radical (unpaired) electrons. The van der Waals surface area contributed by atoms with E-state index in [1.165, 1.54) is 20.3 Å². The summed E-state index contributed by atoms with van der Waals surface area (Å²) < 4.78 is 26.4. The highest BCUT2D eigenvalue weighted by molar-refractivity contribution is 5.94. The minimum Gasteiger partial charge on any atom is -0.504 e. The number of aromatic hydroxyl groups is 1. The topological polar surface area (TPSA) is 168 Å². The van der Waals surface area contributed by atoms with Crippen LogP contribution in [0.1, 0.15) is 0 Å². The number of phenols is 1. The highest BCUT2D eigenvalue weighted by atomic mass is 16.7. The Morgan fingerprint density at radius 3 is 2.29 bits per heavy atom. The third-order valence-corrected chi connectivity index (χ3v) is 4.41. The standard InChI is InChI=1S/C17H20O11/c1-24-14-9(20)6-3-4-8(19)27-13(6)15(25-2)16(14)28-17-12(23)11(22)10(21)7(5-18)26-17/h3-4,7,10-12,17-18,20-23H,5H2,1-2H3/t7-,10-,11+,12-,17+/m1/s1. The summed E-state index contributed by atoms with van der Waals surface area (Å²) in [5.41, 5.74) is -0.859. The van der Waals surface area contributed by atoms with Crippen LogP contribution >= 0.6 is 0 Å². The van der Waals surface area contributed by atoms with Gasteiger partial charge in [-0.2, -0.15) is 0 Å². The van der Waals surface area contributed by atoms with Crippen LogP contribution < -0.4 is 19.8 Å². The van der Waals surface area contributed by atoms with Gasteiger partial charge in [-0.05, 0) is 6.07 Å². The maximum Gasteiger partial charge on any atom is 0.336 e. The highest BCUT2D eigenvalue weighted by Crippen LogP contribution is 2.50. The molecule has 2 aromatic rings. The molecule has 0 amide bonds. The lowest BCUT2D eigenvalue weighted by molar-refractivity contribution is -0.277. The monoisotopic (exact) mass is 400 g/mol. The van der Waals surface area contributed by atoms with E-state index in [1.807, 2.05) is 0 Å². The first-order valence-corrected chi connectivity index (χ1v) is 8.22. The van der Waals surface area contributed by atoms with Crippen molar-refractivity contribution in [3.63, 3.8) is 0 Å². The molecule has 1 aromatic heterocycles. The first-order valence-electron chi connectivity index (χ1n) is 8.22. The number of phenolic OH excluding ortho intramolecular Hbond substituents is 1. The predicted octanol–water partition coefficient (Wildman–Crippen LogP) is -1.31. The van der Waals surface area contributed by atoms with E-state index in [-0.39, 0.29) is 28.2 Å². The zero-order valence-electron chi connectivity index (χ0n) is 14.9. The molecule has 1 aliphatic rings. The molecule has 0 saturated carbocycles. The van der Waals surface area contributed by atoms with Gasteiger partial charge in [0.15, 0.2) is 11.3 Å². The molecular weight excluding hydrogens is 380 g/mol. The molecule has 0 bridgehead atoms. The fourth-order valence-electron chi connectivity index (χ4n) is 2.97. The van der Waals surface area contributed by atoms with E-state index < -0.39 is 48.7 Å². The van der Waals surface area contributed by atoms with Crippen LogP contribution in [0.4, 0.5) is 0 Å². The fourth-order valence-corrected chi connectivity index (χ4v) is 2.97. The Balaban J connectivity index is 2.13. The van der Waals surface area contributed by atoms with Crippen LogP contribution in [0.15, 0.2) is 21.3 Å². The molecule has 154 valence electrons. The lowest BCUT2D eigenvalue weighted by Gasteiger charge is -2.39. The summed E-state index contributed by atoms with van der Waals surface area (Å²) in [6, 6.07) is 2.40. The van der Waals surface area contributed by atoms with E-state index >= 15 is 0 Å². The summed E-state index contributed by atoms with van der Waals surface area (Å²) in [5, 5.41) is 49.8. The number of ether oxygens (including phenoxy) is 4. The largest absolute Gasteiger partial charge is 0.504 e. The molecule has 3 rings (SSSR count). The summed E-state index contributed by atoms with van der Waals surface area (Å²) in [6.07, 6.45) is -7.77. The van der Waals surface area contributed by atoms with E-state index in [4.69, 9.17) is 23.4 Å². The lowest BCUT2D eigenvalue weighted by atomic mass is 9.99. The average Bonchev–Trinajstić information content (AvgIpc) is 2.68. The van der Waals surface area contributed by atoms with Crippen molar-refractivity contribution < 1.29 is 48.9 Å². The minimum atomic E-state index is -1.71. The number of hydrogen-bond acceptors (Lipinski definition) is 11. The van der Waals surface area contributed by atoms with Crippen LogP contribution in [0.3, 0.4) is 0 Å². The molecule has 11 heteroatoms. The zero-order valence-corrected chi connectivity index (χ0v) is 14.9. The molecule has 0 unspecified atom stereocenters. The fraction of sp³-hybridized carbons (Fsp3) is 0.471. The van der Waals surface area contributed by atoms with Crippen molar-refractivity contribution in [2.24, 2.45) is 0 Å². The van der Waals surface area contributed by atoms with Crippen LogP contribution in [0, 0.1) is 0 Å². The van der Waals surface area contributed by atoms with Crippen LogP contribution in [-0.4, -0.2) is 77.1 Å². The highest BCUT2D eigenvalue weighted by Gasteiger charge is 2.45. The summed E-state index contributed by atoms with van der Waals surface area (Å²) >= 11 is 0. The third-order valence-electron chi connectivity index (χ3n) is 4.41. The molecule has 1 fully saturated rings. The van der Waals surface area contributed by atoms with Gasteiger partial charge in [0.2, 0.25) is 23.5 Å². The van der Waals surface area contributed by atoms with Crippen molar-refractivity contribution in [2.75, 3.05) is 20.8 Å². The molecule has 28 heavy (non-hydrogen) atoms.